The second kappa shape index (κ2) is 22.3. The van der Waals surface area contributed by atoms with Crippen LogP contribution in [0.1, 0.15) is 58.3 Å². The van der Waals surface area contributed by atoms with Crippen molar-refractivity contribution >= 4 is 17.7 Å². The summed E-state index contributed by atoms with van der Waals surface area (Å²) in [5.41, 5.74) is 0. The topological polar surface area (TPSA) is 29.1 Å². The fraction of sp³-hybridized carbons (Fsp3) is 0.458. The van der Waals surface area contributed by atoms with E-state index in [1.54, 1.807) is 11.8 Å². The lowest BCUT2D eigenvalue weighted by molar-refractivity contribution is -0.120. The Labute approximate surface area is 171 Å². The lowest BCUT2D eigenvalue weighted by atomic mass is 10.2. The molecule has 0 aromatic rings. The van der Waals surface area contributed by atoms with Crippen LogP contribution in [-0.4, -0.2) is 18.0 Å². The van der Waals surface area contributed by atoms with Gasteiger partial charge in [-0.25, -0.2) is 0 Å². The van der Waals surface area contributed by atoms with Crippen molar-refractivity contribution in [2.45, 2.75) is 58.3 Å². The van der Waals surface area contributed by atoms with Crippen LogP contribution in [0.25, 0.3) is 0 Å². The van der Waals surface area contributed by atoms with Crippen LogP contribution in [0.4, 0.5) is 0 Å². The third-order valence-corrected chi connectivity index (χ3v) is 3.98. The van der Waals surface area contributed by atoms with Crippen LogP contribution in [0.5, 0.6) is 0 Å². The quantitative estimate of drug-likeness (QED) is 0.230. The smallest absolute Gasteiger partial charge is 0.220 e. The maximum Gasteiger partial charge on any atom is 0.220 e. The van der Waals surface area contributed by atoms with Gasteiger partial charge in [-0.1, -0.05) is 79.8 Å². The molecular weight excluding hydrogens is 350 g/mol. The summed E-state index contributed by atoms with van der Waals surface area (Å²) in [4.78, 5) is 11.4. The van der Waals surface area contributed by atoms with Gasteiger partial charge in [0.15, 0.2) is 0 Å². The molecule has 0 aromatic heterocycles. The predicted molar refractivity (Wildman–Crippen MR) is 124 cm³/mol. The summed E-state index contributed by atoms with van der Waals surface area (Å²) >= 11 is 1.62. The lowest BCUT2D eigenvalue weighted by Crippen LogP contribution is -2.21. The van der Waals surface area contributed by atoms with Crippen molar-refractivity contribution in [2.75, 3.05) is 12.1 Å². The molecule has 0 fully saturated rings. The van der Waals surface area contributed by atoms with Crippen LogP contribution < -0.4 is 5.32 Å². The molecule has 0 spiro atoms. The number of nitrogens with one attached hydrogen (secondary N) is 1. The molecule has 0 aliphatic rings. The van der Waals surface area contributed by atoms with Crippen molar-refractivity contribution in [1.29, 1.82) is 0 Å². The Bertz CT molecular complexity index is 512. The molecule has 0 aliphatic heterocycles. The molecule has 0 rings (SSSR count). The lowest BCUT2D eigenvalue weighted by Gasteiger charge is -1.99. The first-order chi connectivity index (χ1) is 13.3. The van der Waals surface area contributed by atoms with Gasteiger partial charge in [0.2, 0.25) is 5.91 Å². The molecule has 0 saturated heterocycles. The number of hydrogen-bond donors (Lipinski definition) is 1. The third kappa shape index (κ3) is 22.2. The summed E-state index contributed by atoms with van der Waals surface area (Å²) in [5.74, 6) is 0.826. The van der Waals surface area contributed by atoms with Crippen molar-refractivity contribution in [3.8, 4) is 0 Å². The van der Waals surface area contributed by atoms with Crippen molar-refractivity contribution < 1.29 is 4.79 Å². The van der Waals surface area contributed by atoms with E-state index in [0.717, 1.165) is 44.9 Å². The van der Waals surface area contributed by atoms with Gasteiger partial charge in [-0.3, -0.25) is 4.79 Å². The number of carbonyl (C=O) groups excluding carboxylic acids is 1. The molecule has 3 heteroatoms. The third-order valence-electron chi connectivity index (χ3n) is 3.55. The van der Waals surface area contributed by atoms with Crippen LogP contribution in [-0.2, 0) is 4.79 Å². The Morgan fingerprint density at radius 1 is 0.704 bits per heavy atom. The van der Waals surface area contributed by atoms with E-state index in [4.69, 9.17) is 0 Å². The first-order valence-corrected chi connectivity index (χ1v) is 11.4. The Balaban J connectivity index is 3.54. The monoisotopic (exact) mass is 387 g/mol. The second-order valence-corrected chi connectivity index (χ2v) is 6.85. The van der Waals surface area contributed by atoms with E-state index in [1.165, 1.54) is 0 Å². The van der Waals surface area contributed by atoms with E-state index < -0.39 is 0 Å². The van der Waals surface area contributed by atoms with Gasteiger partial charge in [0.05, 0.1) is 5.88 Å². The first kappa shape index (κ1) is 25.3. The summed E-state index contributed by atoms with van der Waals surface area (Å²) < 4.78 is 0. The van der Waals surface area contributed by atoms with Crippen molar-refractivity contribution in [1.82, 2.24) is 5.32 Å². The fourth-order valence-corrected chi connectivity index (χ4v) is 2.40. The average molecular weight is 388 g/mol. The minimum atomic E-state index is 0.129. The summed E-state index contributed by atoms with van der Waals surface area (Å²) in [5, 5.41) is 2.85. The number of amides is 1. The van der Waals surface area contributed by atoms with E-state index in [-0.39, 0.29) is 5.91 Å². The van der Waals surface area contributed by atoms with E-state index >= 15 is 0 Å². The molecule has 0 heterocycles. The molecule has 1 amide bonds. The molecule has 0 saturated carbocycles. The van der Waals surface area contributed by atoms with Crippen LogP contribution in [0.2, 0.25) is 0 Å². The van der Waals surface area contributed by atoms with Gasteiger partial charge in [-0.05, 0) is 51.2 Å². The maximum atomic E-state index is 11.4. The zero-order valence-electron chi connectivity index (χ0n) is 17.1. The van der Waals surface area contributed by atoms with Gasteiger partial charge in [-0.15, -0.1) is 11.8 Å². The summed E-state index contributed by atoms with van der Waals surface area (Å²) in [6, 6.07) is 0. The largest absolute Gasteiger partial charge is 0.347 e. The van der Waals surface area contributed by atoms with E-state index in [9.17, 15) is 4.79 Å². The van der Waals surface area contributed by atoms with Crippen molar-refractivity contribution in [3.63, 3.8) is 0 Å². The summed E-state index contributed by atoms with van der Waals surface area (Å²) in [6.45, 7) is 2.16. The Hall–Kier alpha value is -1.74. The van der Waals surface area contributed by atoms with Crippen molar-refractivity contribution in [3.05, 3.63) is 72.9 Å². The van der Waals surface area contributed by atoms with E-state index in [0.29, 0.717) is 12.3 Å². The highest BCUT2D eigenvalue weighted by atomic mass is 32.2. The van der Waals surface area contributed by atoms with Crippen LogP contribution in [0, 0.1) is 0 Å². The normalized spacial score (nSPS) is 12.8. The number of carbonyl (C=O) groups is 1. The molecule has 0 unspecified atom stereocenters. The molecular formula is C24H37NOS. The number of thioether (sulfide) groups is 1. The molecule has 0 bridgehead atoms. The minimum Gasteiger partial charge on any atom is -0.347 e. The number of rotatable bonds is 16. The minimum absolute atomic E-state index is 0.129. The molecule has 0 atom stereocenters. The molecule has 1 N–H and O–H groups in total. The zero-order valence-corrected chi connectivity index (χ0v) is 17.9. The highest BCUT2D eigenvalue weighted by Crippen LogP contribution is 1.98. The number of hydrogen-bond acceptors (Lipinski definition) is 2. The number of allylic oxidation sites excluding steroid dienone is 12. The fourth-order valence-electron chi connectivity index (χ4n) is 2.10. The Kier molecular flexibility index (Phi) is 20.9. The SMILES string of the molecule is CC/C=C\C/C=C\C/C=C\C/C=C\C/C=C\C/C=C\CCC(=O)NCSC. The molecule has 2 nitrogen and oxygen atoms in total. The average Bonchev–Trinajstić information content (AvgIpc) is 2.68. The Morgan fingerprint density at radius 3 is 1.52 bits per heavy atom. The highest BCUT2D eigenvalue weighted by Gasteiger charge is 1.96. The second-order valence-electron chi connectivity index (χ2n) is 5.99. The maximum absolute atomic E-state index is 11.4. The predicted octanol–water partition coefficient (Wildman–Crippen LogP) is 6.90. The van der Waals surface area contributed by atoms with Gasteiger partial charge in [0.25, 0.3) is 0 Å². The van der Waals surface area contributed by atoms with Gasteiger partial charge in [0.1, 0.15) is 0 Å². The van der Waals surface area contributed by atoms with Gasteiger partial charge in [0, 0.05) is 6.42 Å². The first-order valence-electron chi connectivity index (χ1n) is 9.96. The van der Waals surface area contributed by atoms with Gasteiger partial charge in [-0.2, -0.15) is 0 Å². The van der Waals surface area contributed by atoms with Crippen LogP contribution in [0.3, 0.4) is 0 Å². The summed E-state index contributed by atoms with van der Waals surface area (Å²) in [6.07, 6.45) is 35.7. The molecule has 0 aromatic carbocycles. The van der Waals surface area contributed by atoms with Crippen LogP contribution in [0.15, 0.2) is 72.9 Å². The molecule has 0 aliphatic carbocycles. The van der Waals surface area contributed by atoms with E-state index in [1.807, 2.05) is 6.26 Å². The molecule has 0 radical (unpaired) electrons. The molecule has 150 valence electrons. The van der Waals surface area contributed by atoms with E-state index in [2.05, 4.69) is 85.2 Å². The standard InChI is InChI=1S/C24H37NOS/c1-3-4-5-6-7-8-9-10-11-12-13-14-15-16-17-18-19-20-21-22-24(26)25-23-27-2/h4-5,7-8,10-11,13-14,16-17,19-20H,3,6,9,12,15,18,21-23H2,1-2H3,(H,25,26)/b5-4-,8-7-,11-10-,14-13-,17-16-,20-19-. The summed E-state index contributed by atoms with van der Waals surface area (Å²) in [7, 11) is 0. The van der Waals surface area contributed by atoms with Gasteiger partial charge >= 0.3 is 0 Å². The Morgan fingerprint density at radius 2 is 1.11 bits per heavy atom. The highest BCUT2D eigenvalue weighted by molar-refractivity contribution is 7.98. The van der Waals surface area contributed by atoms with Gasteiger partial charge < -0.3 is 5.32 Å². The molecule has 27 heavy (non-hydrogen) atoms. The zero-order chi connectivity index (χ0) is 19.8. The van der Waals surface area contributed by atoms with Crippen molar-refractivity contribution in [2.24, 2.45) is 0 Å². The van der Waals surface area contributed by atoms with Crippen LogP contribution >= 0.6 is 11.8 Å².